The standard InChI is InChI=1S/C15H27NO2.C10H7BrN4O.C2H2F3NO/c1-10(18-14(2,3)4)7-13(17)16-8-11-12(9-16)15(11,5)6;11-8-2-1-3-15-10(8)7(5-14-15)9(4-12)13-6-16;3-2(4,5)1(6)7/h10-12H,7-9H2,1-6H3;1-3,5-6,9H,(H,13,16);(H2,6,7)/t10-,11?,12?;;/m1../s1. The number of primary amides is 1. The number of hydrogen-bond acceptors (Lipinski definition) is 6. The molecular formula is C27H36BrF3N6O4. The van der Waals surface area contributed by atoms with Gasteiger partial charge in [0.15, 0.2) is 0 Å². The molecule has 10 nitrogen and oxygen atoms in total. The summed E-state index contributed by atoms with van der Waals surface area (Å²) < 4.78 is 40.4. The van der Waals surface area contributed by atoms with E-state index in [2.05, 4.69) is 45.9 Å². The normalized spacial score (nSPS) is 20.3. The van der Waals surface area contributed by atoms with Gasteiger partial charge in [-0.1, -0.05) is 13.8 Å². The van der Waals surface area contributed by atoms with Gasteiger partial charge in [-0.05, 0) is 73.0 Å². The Kier molecular flexibility index (Phi) is 11.0. The molecule has 2 aromatic rings. The van der Waals surface area contributed by atoms with E-state index in [0.29, 0.717) is 23.8 Å². The van der Waals surface area contributed by atoms with Crippen LogP contribution in [-0.2, 0) is 19.1 Å². The summed E-state index contributed by atoms with van der Waals surface area (Å²) >= 11 is 3.39. The minimum Gasteiger partial charge on any atom is -0.372 e. The first kappa shape index (κ1) is 34.0. The molecule has 4 rings (SSSR count). The van der Waals surface area contributed by atoms with Crippen LogP contribution in [0.15, 0.2) is 29.0 Å². The van der Waals surface area contributed by atoms with Gasteiger partial charge in [-0.3, -0.25) is 14.4 Å². The van der Waals surface area contributed by atoms with Crippen LogP contribution in [0, 0.1) is 28.6 Å². The maximum atomic E-state index is 12.2. The van der Waals surface area contributed by atoms with Crippen LogP contribution in [0.3, 0.4) is 0 Å². The Labute approximate surface area is 245 Å². The van der Waals surface area contributed by atoms with Gasteiger partial charge in [-0.2, -0.15) is 23.5 Å². The molecule has 14 heteroatoms. The molecule has 0 bridgehead atoms. The van der Waals surface area contributed by atoms with Crippen LogP contribution < -0.4 is 11.1 Å². The largest absolute Gasteiger partial charge is 0.470 e. The summed E-state index contributed by atoms with van der Waals surface area (Å²) in [6.07, 6.45) is -0.489. The number of piperidine rings is 1. The number of nitriles is 1. The van der Waals surface area contributed by atoms with Gasteiger partial charge >= 0.3 is 12.1 Å². The van der Waals surface area contributed by atoms with Crippen molar-refractivity contribution in [2.75, 3.05) is 13.1 Å². The van der Waals surface area contributed by atoms with Crippen molar-refractivity contribution in [2.45, 2.75) is 71.9 Å². The molecule has 3 heterocycles. The van der Waals surface area contributed by atoms with Gasteiger partial charge in [0.2, 0.25) is 12.3 Å². The van der Waals surface area contributed by atoms with Gasteiger partial charge < -0.3 is 20.7 Å². The molecule has 41 heavy (non-hydrogen) atoms. The van der Waals surface area contributed by atoms with Crippen molar-refractivity contribution < 1.29 is 32.3 Å². The van der Waals surface area contributed by atoms with E-state index in [4.69, 9.17) is 14.8 Å². The molecule has 0 aromatic carbocycles. The zero-order valence-corrected chi connectivity index (χ0v) is 25.4. The van der Waals surface area contributed by atoms with Crippen molar-refractivity contribution in [3.8, 4) is 6.07 Å². The molecule has 2 fully saturated rings. The summed E-state index contributed by atoms with van der Waals surface area (Å²) in [6, 6.07) is 5.01. The highest BCUT2D eigenvalue weighted by Gasteiger charge is 2.62. The average molecular weight is 646 g/mol. The Morgan fingerprint density at radius 1 is 1.32 bits per heavy atom. The molecule has 0 spiro atoms. The van der Waals surface area contributed by atoms with Crippen molar-refractivity contribution >= 4 is 39.7 Å². The molecule has 2 aromatic heterocycles. The first-order chi connectivity index (χ1) is 18.8. The van der Waals surface area contributed by atoms with Crippen molar-refractivity contribution in [3.05, 3.63) is 34.6 Å². The predicted molar refractivity (Wildman–Crippen MR) is 148 cm³/mol. The maximum Gasteiger partial charge on any atom is 0.470 e. The third-order valence-corrected chi connectivity index (χ3v) is 7.61. The number of carbonyl (C=O) groups is 3. The van der Waals surface area contributed by atoms with E-state index in [0.717, 1.165) is 34.9 Å². The summed E-state index contributed by atoms with van der Waals surface area (Å²) in [4.78, 5) is 33.7. The van der Waals surface area contributed by atoms with E-state index in [9.17, 15) is 22.8 Å². The molecule has 4 atom stereocenters. The number of amides is 3. The number of nitrogens with one attached hydrogen (secondary N) is 1. The lowest BCUT2D eigenvalue weighted by atomic mass is 10.1. The van der Waals surface area contributed by atoms with Gasteiger partial charge in [0.05, 0.1) is 35.9 Å². The Morgan fingerprint density at radius 2 is 1.88 bits per heavy atom. The van der Waals surface area contributed by atoms with Crippen LogP contribution in [0.25, 0.3) is 5.52 Å². The summed E-state index contributed by atoms with van der Waals surface area (Å²) in [5.41, 5.74) is 5.56. The SMILES string of the molecule is C[C@H](CC(=O)N1CC2C(C1)C2(C)C)OC(C)(C)C.N#CC(NC=O)c1cnn2cccc(Br)c12.NC(=O)C(F)(F)F. The fourth-order valence-electron chi connectivity index (χ4n) is 4.86. The van der Waals surface area contributed by atoms with E-state index in [1.807, 2.05) is 50.8 Å². The Morgan fingerprint density at radius 3 is 2.34 bits per heavy atom. The maximum absolute atomic E-state index is 12.2. The van der Waals surface area contributed by atoms with Crippen LogP contribution in [0.2, 0.25) is 0 Å². The molecule has 0 radical (unpaired) electrons. The molecule has 1 saturated heterocycles. The van der Waals surface area contributed by atoms with Crippen molar-refractivity contribution in [2.24, 2.45) is 23.0 Å². The number of likely N-dealkylation sites (tertiary alicyclic amines) is 1. The molecule has 3 N–H and O–H groups in total. The molecule has 1 aliphatic carbocycles. The van der Waals surface area contributed by atoms with Gasteiger partial charge in [0.1, 0.15) is 6.04 Å². The van der Waals surface area contributed by atoms with Gasteiger partial charge in [0, 0.05) is 29.3 Å². The number of rotatable bonds is 6. The average Bonchev–Trinajstić information content (AvgIpc) is 3.26. The third-order valence-electron chi connectivity index (χ3n) is 6.97. The quantitative estimate of drug-likeness (QED) is 0.453. The molecule has 2 aliphatic rings. The third kappa shape index (κ3) is 9.16. The van der Waals surface area contributed by atoms with Crippen molar-refractivity contribution in [1.29, 1.82) is 5.26 Å². The highest BCUT2D eigenvalue weighted by molar-refractivity contribution is 9.10. The van der Waals surface area contributed by atoms with Crippen LogP contribution in [0.5, 0.6) is 0 Å². The summed E-state index contributed by atoms with van der Waals surface area (Å²) in [6.45, 7) is 14.6. The number of halogens is 4. The number of carbonyl (C=O) groups excluding carboxylic acids is 3. The molecule has 226 valence electrons. The van der Waals surface area contributed by atoms with Crippen LogP contribution in [-0.4, -0.2) is 63.7 Å². The fraction of sp³-hybridized carbons (Fsp3) is 0.593. The Hall–Kier alpha value is -3.18. The van der Waals surface area contributed by atoms with Crippen molar-refractivity contribution in [1.82, 2.24) is 19.8 Å². The zero-order chi connectivity index (χ0) is 31.3. The summed E-state index contributed by atoms with van der Waals surface area (Å²) in [7, 11) is 0. The fourth-order valence-corrected chi connectivity index (χ4v) is 5.42. The number of hydrogen-bond donors (Lipinski definition) is 2. The second-order valence-electron chi connectivity index (χ2n) is 11.5. The monoisotopic (exact) mass is 644 g/mol. The van der Waals surface area contributed by atoms with Gasteiger partial charge in [0.25, 0.3) is 0 Å². The topological polar surface area (TPSA) is 143 Å². The number of pyridine rings is 1. The molecule has 3 unspecified atom stereocenters. The lowest BCUT2D eigenvalue weighted by molar-refractivity contribution is -0.169. The second-order valence-corrected chi connectivity index (χ2v) is 12.4. The highest BCUT2D eigenvalue weighted by atomic mass is 79.9. The molecular weight excluding hydrogens is 609 g/mol. The van der Waals surface area contributed by atoms with Gasteiger partial charge in [-0.25, -0.2) is 4.52 Å². The van der Waals surface area contributed by atoms with Crippen LogP contribution in [0.1, 0.15) is 59.6 Å². The number of aromatic nitrogens is 2. The van der Waals surface area contributed by atoms with E-state index in [-0.39, 0.29) is 17.6 Å². The predicted octanol–water partition coefficient (Wildman–Crippen LogP) is 4.14. The van der Waals surface area contributed by atoms with E-state index >= 15 is 0 Å². The zero-order valence-electron chi connectivity index (χ0n) is 23.8. The number of ether oxygens (including phenoxy) is 1. The van der Waals surface area contributed by atoms with E-state index < -0.39 is 18.1 Å². The molecule has 1 aliphatic heterocycles. The van der Waals surface area contributed by atoms with E-state index in [1.54, 1.807) is 16.9 Å². The molecule has 1 saturated carbocycles. The first-order valence-corrected chi connectivity index (χ1v) is 13.7. The number of nitrogens with zero attached hydrogens (tertiary/aromatic N) is 4. The highest BCUT2D eigenvalue weighted by Crippen LogP contribution is 2.62. The molecule has 3 amide bonds. The lowest BCUT2D eigenvalue weighted by Crippen LogP contribution is -2.36. The van der Waals surface area contributed by atoms with Crippen LogP contribution >= 0.6 is 15.9 Å². The number of fused-ring (bicyclic) bond motifs is 2. The smallest absolute Gasteiger partial charge is 0.372 e. The minimum absolute atomic E-state index is 0.00226. The lowest BCUT2D eigenvalue weighted by Gasteiger charge is -2.27. The first-order valence-electron chi connectivity index (χ1n) is 12.9. The van der Waals surface area contributed by atoms with Crippen LogP contribution in [0.4, 0.5) is 13.2 Å². The number of nitrogens with two attached hydrogens (primary N) is 1. The summed E-state index contributed by atoms with van der Waals surface area (Å²) in [5.74, 6) is -0.525. The summed E-state index contributed by atoms with van der Waals surface area (Å²) in [5, 5.41) is 15.5. The van der Waals surface area contributed by atoms with Crippen molar-refractivity contribution in [3.63, 3.8) is 0 Å². The van der Waals surface area contributed by atoms with Gasteiger partial charge in [-0.15, -0.1) is 0 Å². The Bertz CT molecular complexity index is 1270. The number of alkyl halides is 3. The minimum atomic E-state index is -4.86. The second kappa shape index (κ2) is 13.2. The Balaban J connectivity index is 0.000000236. The van der Waals surface area contributed by atoms with E-state index in [1.165, 1.54) is 0 Å².